The molecule has 0 bridgehead atoms. The number of hydrogen-bond donors (Lipinski definition) is 1. The van der Waals surface area contributed by atoms with Crippen molar-refractivity contribution in [3.05, 3.63) is 63.6 Å². The second-order valence-corrected chi connectivity index (χ2v) is 4.66. The summed E-state index contributed by atoms with van der Waals surface area (Å²) in [7, 11) is 0. The van der Waals surface area contributed by atoms with Gasteiger partial charge in [-0.1, -0.05) is 53.0 Å². The van der Waals surface area contributed by atoms with Crippen molar-refractivity contribution in [2.75, 3.05) is 0 Å². The number of halogens is 3. The van der Waals surface area contributed by atoms with Crippen LogP contribution in [-0.2, 0) is 0 Å². The summed E-state index contributed by atoms with van der Waals surface area (Å²) < 4.78 is 0. The first-order valence-electron chi connectivity index (χ1n) is 4.44. The number of benzene rings is 2. The van der Waals surface area contributed by atoms with E-state index in [1.807, 2.05) is 30.3 Å². The molecule has 0 aromatic heterocycles. The Morgan fingerprint density at radius 1 is 0.765 bits per heavy atom. The maximum absolute atomic E-state index is 5.60. The van der Waals surface area contributed by atoms with Gasteiger partial charge in [0.05, 0.1) is 10.0 Å². The topological polar surface area (TPSA) is 0 Å². The number of thiol groups is 1. The Morgan fingerprint density at radius 2 is 1.35 bits per heavy atom. The Balaban J connectivity index is 0.000000292. The predicted molar refractivity (Wildman–Crippen MR) is 80.9 cm³/mol. The Morgan fingerprint density at radius 3 is 1.71 bits per heavy atom. The first kappa shape index (κ1) is 17.7. The van der Waals surface area contributed by atoms with E-state index in [0.717, 1.165) is 4.90 Å². The van der Waals surface area contributed by atoms with Gasteiger partial charge in [-0.05, 0) is 30.3 Å². The molecule has 0 N–H and O–H groups in total. The van der Waals surface area contributed by atoms with Gasteiger partial charge in [0.15, 0.2) is 0 Å². The zero-order valence-electron chi connectivity index (χ0n) is 9.20. The Bertz CT molecular complexity index is 449. The summed E-state index contributed by atoms with van der Waals surface area (Å²) in [6.07, 6.45) is 0. The average molecular weight is 315 g/mol. The van der Waals surface area contributed by atoms with Gasteiger partial charge in [0.25, 0.3) is 0 Å². The average Bonchev–Trinajstić information content (AvgIpc) is 2.26. The fraction of sp³-hybridized carbons (Fsp3) is 0. The van der Waals surface area contributed by atoms with Gasteiger partial charge in [-0.15, -0.1) is 12.6 Å². The largest absolute Gasteiger partial charge is 0.143 e. The summed E-state index contributed by atoms with van der Waals surface area (Å²) in [6.45, 7) is 0. The zero-order chi connectivity index (χ0) is 12.0. The minimum absolute atomic E-state index is 0. The molecule has 0 saturated heterocycles. The zero-order valence-corrected chi connectivity index (χ0v) is 14.4. The van der Waals surface area contributed by atoms with Crippen molar-refractivity contribution in [3.63, 3.8) is 0 Å². The van der Waals surface area contributed by atoms with Crippen LogP contribution in [0.15, 0.2) is 53.4 Å². The smallest absolute Gasteiger partial charge is 0.0607 e. The van der Waals surface area contributed by atoms with Crippen LogP contribution in [-0.4, -0.2) is 29.6 Å². The van der Waals surface area contributed by atoms with Crippen molar-refractivity contribution in [2.24, 2.45) is 0 Å². The molecule has 0 aliphatic heterocycles. The van der Waals surface area contributed by atoms with E-state index >= 15 is 0 Å². The molecule has 0 atom stereocenters. The molecule has 5 heteroatoms. The van der Waals surface area contributed by atoms with Gasteiger partial charge in [0.2, 0.25) is 0 Å². The van der Waals surface area contributed by atoms with Gasteiger partial charge >= 0.3 is 0 Å². The molecule has 17 heavy (non-hydrogen) atoms. The van der Waals surface area contributed by atoms with Gasteiger partial charge in [0.1, 0.15) is 0 Å². The molecule has 0 saturated carbocycles. The molecular formula is C12H9Cl3NaS. The molecule has 0 fully saturated rings. The van der Waals surface area contributed by atoms with Crippen LogP contribution >= 0.6 is 47.4 Å². The van der Waals surface area contributed by atoms with Gasteiger partial charge < -0.3 is 0 Å². The van der Waals surface area contributed by atoms with Crippen molar-refractivity contribution < 1.29 is 0 Å². The molecule has 0 aliphatic rings. The molecule has 1 radical (unpaired) electrons. The van der Waals surface area contributed by atoms with Gasteiger partial charge in [0, 0.05) is 39.5 Å². The molecule has 0 aliphatic carbocycles. The van der Waals surface area contributed by atoms with E-state index in [-0.39, 0.29) is 29.6 Å². The maximum Gasteiger partial charge on any atom is 0.0607 e. The summed E-state index contributed by atoms with van der Waals surface area (Å²) in [5.41, 5.74) is 0. The third kappa shape index (κ3) is 7.63. The van der Waals surface area contributed by atoms with Crippen LogP contribution in [0.3, 0.4) is 0 Å². The first-order valence-corrected chi connectivity index (χ1v) is 6.02. The SMILES string of the molecule is Clc1ccc(Cl)c(Cl)c1.Sc1ccccc1.[Na]. The van der Waals surface area contributed by atoms with E-state index in [9.17, 15) is 0 Å². The van der Waals surface area contributed by atoms with Crippen molar-refractivity contribution in [3.8, 4) is 0 Å². The van der Waals surface area contributed by atoms with Crippen LogP contribution in [0.1, 0.15) is 0 Å². The number of rotatable bonds is 0. The molecule has 2 rings (SSSR count). The molecule has 2 aromatic rings. The van der Waals surface area contributed by atoms with Crippen LogP contribution in [0.2, 0.25) is 15.1 Å². The van der Waals surface area contributed by atoms with E-state index < -0.39 is 0 Å². The third-order valence-corrected chi connectivity index (χ3v) is 2.91. The maximum atomic E-state index is 5.60. The van der Waals surface area contributed by atoms with E-state index in [4.69, 9.17) is 34.8 Å². The summed E-state index contributed by atoms with van der Waals surface area (Å²) in [5, 5.41) is 1.62. The normalized spacial score (nSPS) is 8.71. The number of hydrogen-bond acceptors (Lipinski definition) is 1. The minimum Gasteiger partial charge on any atom is -0.143 e. The van der Waals surface area contributed by atoms with Gasteiger partial charge in [-0.3, -0.25) is 0 Å². The van der Waals surface area contributed by atoms with Crippen molar-refractivity contribution in [1.29, 1.82) is 0 Å². The van der Waals surface area contributed by atoms with Crippen LogP contribution in [0, 0.1) is 0 Å². The molecular weight excluding hydrogens is 306 g/mol. The van der Waals surface area contributed by atoms with E-state index in [0.29, 0.717) is 15.1 Å². The molecule has 2 aromatic carbocycles. The molecule has 0 unspecified atom stereocenters. The summed E-state index contributed by atoms with van der Waals surface area (Å²) in [4.78, 5) is 1.02. The Labute approximate surface area is 144 Å². The molecule has 0 nitrogen and oxygen atoms in total. The molecule has 0 amide bonds. The summed E-state index contributed by atoms with van der Waals surface area (Å²) in [5.74, 6) is 0. The van der Waals surface area contributed by atoms with Crippen molar-refractivity contribution in [2.45, 2.75) is 4.90 Å². The van der Waals surface area contributed by atoms with E-state index in [1.54, 1.807) is 18.2 Å². The fourth-order valence-electron chi connectivity index (χ4n) is 0.898. The van der Waals surface area contributed by atoms with Crippen LogP contribution < -0.4 is 0 Å². The standard InChI is InChI=1S/C6H3Cl3.C6H6S.Na/c7-4-1-2-5(8)6(9)3-4;7-6-4-2-1-3-5-6;/h1-3H;1-5,7H;. The molecule has 0 heterocycles. The van der Waals surface area contributed by atoms with Crippen LogP contribution in [0.4, 0.5) is 0 Å². The minimum atomic E-state index is 0. The van der Waals surface area contributed by atoms with Crippen molar-refractivity contribution in [1.82, 2.24) is 0 Å². The summed E-state index contributed by atoms with van der Waals surface area (Å²) in [6, 6.07) is 14.7. The van der Waals surface area contributed by atoms with Gasteiger partial charge in [-0.2, -0.15) is 0 Å². The Hall–Kier alpha value is 0.660. The van der Waals surface area contributed by atoms with E-state index in [1.165, 1.54) is 0 Å². The second-order valence-electron chi connectivity index (χ2n) is 2.89. The molecule has 85 valence electrons. The fourth-order valence-corrected chi connectivity index (χ4v) is 1.60. The van der Waals surface area contributed by atoms with Crippen LogP contribution in [0.25, 0.3) is 0 Å². The quantitative estimate of drug-likeness (QED) is 0.384. The van der Waals surface area contributed by atoms with Crippen LogP contribution in [0.5, 0.6) is 0 Å². The first-order chi connectivity index (χ1) is 7.59. The van der Waals surface area contributed by atoms with Gasteiger partial charge in [-0.25, -0.2) is 0 Å². The van der Waals surface area contributed by atoms with Crippen molar-refractivity contribution >= 4 is 77.0 Å². The third-order valence-electron chi connectivity index (χ3n) is 1.64. The van der Waals surface area contributed by atoms with E-state index in [2.05, 4.69) is 12.6 Å². The summed E-state index contributed by atoms with van der Waals surface area (Å²) >= 11 is 20.8. The Kier molecular flexibility index (Phi) is 9.94. The predicted octanol–water partition coefficient (Wildman–Crippen LogP) is 5.24. The monoisotopic (exact) mass is 313 g/mol. The second kappa shape index (κ2) is 9.57. The molecule has 0 spiro atoms.